The van der Waals surface area contributed by atoms with Crippen molar-refractivity contribution < 1.29 is 18.7 Å². The molecular formula is C22H21ClFN3O3. The van der Waals surface area contributed by atoms with Gasteiger partial charge in [0, 0.05) is 17.8 Å². The molecule has 2 heterocycles. The van der Waals surface area contributed by atoms with Crippen molar-refractivity contribution in [3.8, 4) is 17.2 Å². The Hall–Kier alpha value is -3.06. The zero-order valence-corrected chi connectivity index (χ0v) is 17.4. The molecular weight excluding hydrogens is 409 g/mol. The second-order valence-corrected chi connectivity index (χ2v) is 7.50. The molecule has 0 bridgehead atoms. The van der Waals surface area contributed by atoms with Crippen LogP contribution in [0.4, 0.5) is 4.39 Å². The third kappa shape index (κ3) is 4.11. The molecule has 1 aliphatic heterocycles. The van der Waals surface area contributed by atoms with Gasteiger partial charge >= 0.3 is 0 Å². The summed E-state index contributed by atoms with van der Waals surface area (Å²) in [7, 11) is 0. The van der Waals surface area contributed by atoms with Gasteiger partial charge in [-0.3, -0.25) is 4.79 Å². The first-order chi connectivity index (χ1) is 14.4. The Kier molecular flexibility index (Phi) is 5.63. The summed E-state index contributed by atoms with van der Waals surface area (Å²) in [6.07, 6.45) is 0.192. The lowest BCUT2D eigenvalue weighted by atomic mass is 10.1. The van der Waals surface area contributed by atoms with Crippen LogP contribution in [-0.4, -0.2) is 28.9 Å². The average molecular weight is 430 g/mol. The Labute approximate surface area is 178 Å². The molecule has 1 N–H and O–H groups in total. The molecule has 0 spiro atoms. The first-order valence-corrected chi connectivity index (χ1v) is 9.96. The molecule has 1 amide bonds. The molecule has 30 heavy (non-hydrogen) atoms. The van der Waals surface area contributed by atoms with Crippen LogP contribution in [0.3, 0.4) is 0 Å². The number of aromatic nitrogens is 2. The summed E-state index contributed by atoms with van der Waals surface area (Å²) in [5.41, 5.74) is 4.02. The fraction of sp³-hybridized carbons (Fsp3) is 0.273. The van der Waals surface area contributed by atoms with E-state index in [4.69, 9.17) is 21.1 Å². The van der Waals surface area contributed by atoms with E-state index in [0.717, 1.165) is 28.2 Å². The lowest BCUT2D eigenvalue weighted by molar-refractivity contribution is -0.120. The van der Waals surface area contributed by atoms with Gasteiger partial charge in [-0.1, -0.05) is 11.6 Å². The summed E-state index contributed by atoms with van der Waals surface area (Å²) in [5.74, 6) is 0.688. The summed E-state index contributed by atoms with van der Waals surface area (Å²) in [4.78, 5) is 12.6. The van der Waals surface area contributed by atoms with Crippen LogP contribution in [0.2, 0.25) is 5.02 Å². The summed E-state index contributed by atoms with van der Waals surface area (Å²) < 4.78 is 26.0. The molecule has 0 atom stereocenters. The maximum Gasteiger partial charge on any atom is 0.224 e. The molecule has 0 radical (unpaired) electrons. The number of carbonyl (C=O) groups is 1. The number of benzene rings is 2. The molecule has 0 aliphatic carbocycles. The molecule has 6 nitrogen and oxygen atoms in total. The fourth-order valence-electron chi connectivity index (χ4n) is 3.45. The normalized spacial score (nSPS) is 12.7. The molecule has 0 fully saturated rings. The topological polar surface area (TPSA) is 65.4 Å². The summed E-state index contributed by atoms with van der Waals surface area (Å²) in [5, 5.41) is 7.88. The van der Waals surface area contributed by atoms with Gasteiger partial charge in [0.2, 0.25) is 5.91 Å². The number of halogens is 2. The Morgan fingerprint density at radius 3 is 2.70 bits per heavy atom. The third-order valence-electron chi connectivity index (χ3n) is 5.00. The van der Waals surface area contributed by atoms with Crippen LogP contribution >= 0.6 is 11.6 Å². The highest BCUT2D eigenvalue weighted by Crippen LogP contribution is 2.38. The zero-order chi connectivity index (χ0) is 21.3. The van der Waals surface area contributed by atoms with Gasteiger partial charge in [-0.15, -0.1) is 0 Å². The zero-order valence-electron chi connectivity index (χ0n) is 16.7. The number of fused-ring (bicyclic) bond motifs is 1. The second kappa shape index (κ2) is 8.36. The van der Waals surface area contributed by atoms with Crippen molar-refractivity contribution in [2.75, 3.05) is 13.2 Å². The monoisotopic (exact) mass is 429 g/mol. The number of nitrogens with one attached hydrogen (secondary N) is 1. The van der Waals surface area contributed by atoms with Crippen molar-refractivity contribution in [2.45, 2.75) is 26.8 Å². The highest BCUT2D eigenvalue weighted by atomic mass is 35.5. The molecule has 156 valence electrons. The highest BCUT2D eigenvalue weighted by Gasteiger charge is 2.18. The molecule has 3 aromatic rings. The average Bonchev–Trinajstić information content (AvgIpc) is 3.01. The third-order valence-corrected chi connectivity index (χ3v) is 5.28. The standard InChI is InChI=1S/C22H21ClFN3O3/c1-13-18(14(2)27(26-13)17-5-3-16(24)4-6-17)11-21(28)25-12-15-9-19(23)22-20(10-15)29-7-8-30-22/h3-6,9-10H,7-8,11-12H2,1-2H3,(H,25,28). The van der Waals surface area contributed by atoms with Gasteiger partial charge in [0.15, 0.2) is 11.5 Å². The van der Waals surface area contributed by atoms with Crippen molar-refractivity contribution >= 4 is 17.5 Å². The summed E-state index contributed by atoms with van der Waals surface area (Å²) >= 11 is 6.25. The predicted molar refractivity (Wildman–Crippen MR) is 111 cm³/mol. The maximum atomic E-state index is 13.2. The minimum absolute atomic E-state index is 0.133. The van der Waals surface area contributed by atoms with Crippen molar-refractivity contribution in [3.63, 3.8) is 0 Å². The van der Waals surface area contributed by atoms with Gasteiger partial charge in [0.1, 0.15) is 19.0 Å². The van der Waals surface area contributed by atoms with Crippen molar-refractivity contribution in [3.05, 3.63) is 69.8 Å². The van der Waals surface area contributed by atoms with E-state index in [1.165, 1.54) is 12.1 Å². The van der Waals surface area contributed by atoms with Gasteiger partial charge in [-0.05, 0) is 55.8 Å². The Morgan fingerprint density at radius 2 is 1.93 bits per heavy atom. The van der Waals surface area contributed by atoms with Gasteiger partial charge in [0.25, 0.3) is 0 Å². The maximum absolute atomic E-state index is 13.2. The number of hydrogen-bond donors (Lipinski definition) is 1. The lowest BCUT2D eigenvalue weighted by Gasteiger charge is -2.20. The minimum atomic E-state index is -0.306. The van der Waals surface area contributed by atoms with E-state index in [9.17, 15) is 9.18 Å². The van der Waals surface area contributed by atoms with Gasteiger partial charge < -0.3 is 14.8 Å². The summed E-state index contributed by atoms with van der Waals surface area (Å²) in [6.45, 7) is 5.00. The first kappa shape index (κ1) is 20.2. The smallest absolute Gasteiger partial charge is 0.224 e. The predicted octanol–water partition coefficient (Wildman–Crippen LogP) is 3.91. The van der Waals surface area contributed by atoms with E-state index >= 15 is 0 Å². The van der Waals surface area contributed by atoms with Crippen LogP contribution in [0.15, 0.2) is 36.4 Å². The largest absolute Gasteiger partial charge is 0.486 e. The molecule has 0 saturated carbocycles. The molecule has 1 aliphatic rings. The van der Waals surface area contributed by atoms with Crippen LogP contribution < -0.4 is 14.8 Å². The van der Waals surface area contributed by atoms with E-state index in [2.05, 4.69) is 10.4 Å². The second-order valence-electron chi connectivity index (χ2n) is 7.09. The van der Waals surface area contributed by atoms with Crippen molar-refractivity contribution in [1.82, 2.24) is 15.1 Å². The number of aryl methyl sites for hydroxylation is 1. The number of amides is 1. The number of ether oxygens (including phenoxy) is 2. The molecule has 0 saturated heterocycles. The van der Waals surface area contributed by atoms with E-state index in [1.807, 2.05) is 19.9 Å². The molecule has 0 unspecified atom stereocenters. The Balaban J connectivity index is 1.45. The number of nitrogens with zero attached hydrogens (tertiary/aromatic N) is 2. The van der Waals surface area contributed by atoms with E-state index < -0.39 is 0 Å². The fourth-order valence-corrected chi connectivity index (χ4v) is 3.74. The van der Waals surface area contributed by atoms with Gasteiger partial charge in [-0.2, -0.15) is 5.10 Å². The van der Waals surface area contributed by atoms with Gasteiger partial charge in [0.05, 0.1) is 22.8 Å². The van der Waals surface area contributed by atoms with E-state index in [-0.39, 0.29) is 18.1 Å². The van der Waals surface area contributed by atoms with Crippen molar-refractivity contribution in [2.24, 2.45) is 0 Å². The van der Waals surface area contributed by atoms with Crippen molar-refractivity contribution in [1.29, 1.82) is 0 Å². The van der Waals surface area contributed by atoms with Crippen LogP contribution in [-0.2, 0) is 17.8 Å². The van der Waals surface area contributed by atoms with E-state index in [1.54, 1.807) is 22.9 Å². The molecule has 1 aromatic heterocycles. The SMILES string of the molecule is Cc1nn(-c2ccc(F)cc2)c(C)c1CC(=O)NCc1cc(Cl)c2c(c1)OCCO2. The lowest BCUT2D eigenvalue weighted by Crippen LogP contribution is -2.25. The minimum Gasteiger partial charge on any atom is -0.486 e. The molecule has 2 aromatic carbocycles. The van der Waals surface area contributed by atoms with Crippen LogP contribution in [0.5, 0.6) is 11.5 Å². The number of hydrogen-bond acceptors (Lipinski definition) is 4. The highest BCUT2D eigenvalue weighted by molar-refractivity contribution is 6.32. The van der Waals surface area contributed by atoms with Gasteiger partial charge in [-0.25, -0.2) is 9.07 Å². The molecule has 8 heteroatoms. The molecule has 4 rings (SSSR count). The first-order valence-electron chi connectivity index (χ1n) is 9.58. The van der Waals surface area contributed by atoms with Crippen LogP contribution in [0, 0.1) is 19.7 Å². The van der Waals surface area contributed by atoms with Crippen LogP contribution in [0.25, 0.3) is 5.69 Å². The Bertz CT molecular complexity index is 1100. The quantitative estimate of drug-likeness (QED) is 0.667. The number of carbonyl (C=O) groups excluding carboxylic acids is 1. The summed E-state index contributed by atoms with van der Waals surface area (Å²) in [6, 6.07) is 9.67. The van der Waals surface area contributed by atoms with E-state index in [0.29, 0.717) is 36.3 Å². The Morgan fingerprint density at radius 1 is 1.20 bits per heavy atom. The van der Waals surface area contributed by atoms with Crippen LogP contribution in [0.1, 0.15) is 22.5 Å². The number of rotatable bonds is 5.